The van der Waals surface area contributed by atoms with Crippen molar-refractivity contribution in [2.24, 2.45) is 5.92 Å². The summed E-state index contributed by atoms with van der Waals surface area (Å²) in [6, 6.07) is 5.07. The van der Waals surface area contributed by atoms with Crippen molar-refractivity contribution in [1.29, 1.82) is 0 Å². The standard InChI is InChI=1S/C14H22N2O2/c1-15-9-11-4-6-16(7-5-11)10-12-2-3-13(17)14(18)8-12/h2-3,8,11,15,17-18H,4-7,9-10H2,1H3. The maximum absolute atomic E-state index is 9.46. The van der Waals surface area contributed by atoms with Crippen LogP contribution in [0.15, 0.2) is 18.2 Å². The van der Waals surface area contributed by atoms with Crippen LogP contribution in [0.25, 0.3) is 0 Å². The fourth-order valence-corrected chi connectivity index (χ4v) is 2.56. The maximum Gasteiger partial charge on any atom is 0.157 e. The summed E-state index contributed by atoms with van der Waals surface area (Å²) in [7, 11) is 2.01. The van der Waals surface area contributed by atoms with E-state index in [1.54, 1.807) is 12.1 Å². The molecule has 0 saturated carbocycles. The molecule has 0 aromatic heterocycles. The third kappa shape index (κ3) is 3.37. The zero-order valence-electron chi connectivity index (χ0n) is 10.9. The number of phenolic OH excluding ortho intramolecular Hbond substituents is 2. The monoisotopic (exact) mass is 250 g/mol. The molecule has 1 aliphatic rings. The molecule has 4 nitrogen and oxygen atoms in total. The number of likely N-dealkylation sites (tertiary alicyclic amines) is 1. The van der Waals surface area contributed by atoms with E-state index in [9.17, 15) is 10.2 Å². The van der Waals surface area contributed by atoms with E-state index < -0.39 is 0 Å². The van der Waals surface area contributed by atoms with Gasteiger partial charge in [0.1, 0.15) is 0 Å². The second kappa shape index (κ2) is 6.07. The van der Waals surface area contributed by atoms with Crippen molar-refractivity contribution >= 4 is 0 Å². The molecule has 0 atom stereocenters. The molecule has 1 aromatic carbocycles. The summed E-state index contributed by atoms with van der Waals surface area (Å²) in [5, 5.41) is 22.0. The molecule has 0 aliphatic carbocycles. The number of hydrogen-bond donors (Lipinski definition) is 3. The first kappa shape index (κ1) is 13.2. The minimum Gasteiger partial charge on any atom is -0.504 e. The van der Waals surface area contributed by atoms with Crippen molar-refractivity contribution in [1.82, 2.24) is 10.2 Å². The molecular formula is C14H22N2O2. The predicted molar refractivity (Wildman–Crippen MR) is 71.7 cm³/mol. The molecule has 4 heteroatoms. The van der Waals surface area contributed by atoms with Crippen LogP contribution in [0.3, 0.4) is 0 Å². The Kier molecular flexibility index (Phi) is 4.44. The van der Waals surface area contributed by atoms with E-state index >= 15 is 0 Å². The number of piperidine rings is 1. The fourth-order valence-electron chi connectivity index (χ4n) is 2.56. The largest absolute Gasteiger partial charge is 0.504 e. The van der Waals surface area contributed by atoms with E-state index in [1.165, 1.54) is 12.8 Å². The van der Waals surface area contributed by atoms with E-state index in [0.29, 0.717) is 0 Å². The molecule has 18 heavy (non-hydrogen) atoms. The van der Waals surface area contributed by atoms with Crippen LogP contribution in [0, 0.1) is 5.92 Å². The first-order valence-corrected chi connectivity index (χ1v) is 6.57. The summed E-state index contributed by atoms with van der Waals surface area (Å²) in [5.74, 6) is 0.712. The van der Waals surface area contributed by atoms with Gasteiger partial charge in [0.2, 0.25) is 0 Å². The summed E-state index contributed by atoms with van der Waals surface area (Å²) in [6.07, 6.45) is 2.45. The average Bonchev–Trinajstić information content (AvgIpc) is 2.37. The van der Waals surface area contributed by atoms with Crippen molar-refractivity contribution in [3.63, 3.8) is 0 Å². The Labute approximate surface area is 108 Å². The van der Waals surface area contributed by atoms with Crippen LogP contribution in [0.5, 0.6) is 11.5 Å². The number of nitrogens with zero attached hydrogens (tertiary/aromatic N) is 1. The molecular weight excluding hydrogens is 228 g/mol. The lowest BCUT2D eigenvalue weighted by atomic mass is 9.96. The highest BCUT2D eigenvalue weighted by molar-refractivity contribution is 5.40. The van der Waals surface area contributed by atoms with Gasteiger partial charge in [-0.05, 0) is 63.1 Å². The zero-order chi connectivity index (χ0) is 13.0. The Bertz CT molecular complexity index is 387. The summed E-state index contributed by atoms with van der Waals surface area (Å²) in [6.45, 7) is 4.16. The van der Waals surface area contributed by atoms with Gasteiger partial charge in [0.25, 0.3) is 0 Å². The van der Waals surface area contributed by atoms with E-state index in [2.05, 4.69) is 10.2 Å². The number of aromatic hydroxyl groups is 2. The maximum atomic E-state index is 9.46. The van der Waals surface area contributed by atoms with Crippen molar-refractivity contribution in [3.8, 4) is 11.5 Å². The van der Waals surface area contributed by atoms with E-state index in [1.807, 2.05) is 13.1 Å². The number of rotatable bonds is 4. The molecule has 1 aliphatic heterocycles. The first-order valence-electron chi connectivity index (χ1n) is 6.57. The number of benzene rings is 1. The molecule has 0 unspecified atom stereocenters. The SMILES string of the molecule is CNCC1CCN(Cc2ccc(O)c(O)c2)CC1. The molecule has 2 rings (SSSR count). The van der Waals surface area contributed by atoms with Crippen molar-refractivity contribution < 1.29 is 10.2 Å². The van der Waals surface area contributed by atoms with Crippen molar-refractivity contribution in [3.05, 3.63) is 23.8 Å². The molecule has 1 saturated heterocycles. The van der Waals surface area contributed by atoms with Gasteiger partial charge in [-0.15, -0.1) is 0 Å². The lowest BCUT2D eigenvalue weighted by molar-refractivity contribution is 0.176. The van der Waals surface area contributed by atoms with Gasteiger partial charge in [-0.1, -0.05) is 6.07 Å². The fraction of sp³-hybridized carbons (Fsp3) is 0.571. The normalized spacial score (nSPS) is 18.1. The second-order valence-corrected chi connectivity index (χ2v) is 5.10. The topological polar surface area (TPSA) is 55.7 Å². The summed E-state index contributed by atoms with van der Waals surface area (Å²) in [5.41, 5.74) is 1.05. The van der Waals surface area contributed by atoms with Crippen LogP contribution in [0.2, 0.25) is 0 Å². The lowest BCUT2D eigenvalue weighted by Crippen LogP contribution is -2.36. The first-order chi connectivity index (χ1) is 8.69. The Morgan fingerprint density at radius 2 is 1.94 bits per heavy atom. The number of hydrogen-bond acceptors (Lipinski definition) is 4. The van der Waals surface area contributed by atoms with Crippen LogP contribution in [0.1, 0.15) is 18.4 Å². The smallest absolute Gasteiger partial charge is 0.157 e. The lowest BCUT2D eigenvalue weighted by Gasteiger charge is -2.31. The van der Waals surface area contributed by atoms with Crippen molar-refractivity contribution in [2.45, 2.75) is 19.4 Å². The highest BCUT2D eigenvalue weighted by Crippen LogP contribution is 2.26. The summed E-state index contributed by atoms with van der Waals surface area (Å²) < 4.78 is 0. The summed E-state index contributed by atoms with van der Waals surface area (Å²) >= 11 is 0. The highest BCUT2D eigenvalue weighted by Gasteiger charge is 2.18. The third-order valence-electron chi connectivity index (χ3n) is 3.65. The van der Waals surface area contributed by atoms with Gasteiger partial charge in [0.15, 0.2) is 11.5 Å². The molecule has 100 valence electrons. The van der Waals surface area contributed by atoms with Crippen LogP contribution in [-0.2, 0) is 6.54 Å². The molecule has 3 N–H and O–H groups in total. The zero-order valence-corrected chi connectivity index (χ0v) is 10.9. The van der Waals surface area contributed by atoms with E-state index in [0.717, 1.165) is 37.7 Å². The highest BCUT2D eigenvalue weighted by atomic mass is 16.3. The van der Waals surface area contributed by atoms with Crippen LogP contribution in [-0.4, -0.2) is 41.8 Å². The molecule has 0 amide bonds. The molecule has 1 aromatic rings. The molecule has 0 spiro atoms. The molecule has 1 fully saturated rings. The number of nitrogens with one attached hydrogen (secondary N) is 1. The van der Waals surface area contributed by atoms with E-state index in [4.69, 9.17) is 0 Å². The van der Waals surface area contributed by atoms with Gasteiger partial charge in [-0.3, -0.25) is 4.90 Å². The van der Waals surface area contributed by atoms with Gasteiger partial charge in [-0.2, -0.15) is 0 Å². The average molecular weight is 250 g/mol. The quantitative estimate of drug-likeness (QED) is 0.709. The predicted octanol–water partition coefficient (Wildman–Crippen LogP) is 1.53. The van der Waals surface area contributed by atoms with Crippen molar-refractivity contribution in [2.75, 3.05) is 26.7 Å². The Morgan fingerprint density at radius 3 is 2.56 bits per heavy atom. The summed E-state index contributed by atoms with van der Waals surface area (Å²) in [4.78, 5) is 2.40. The van der Waals surface area contributed by atoms with Gasteiger partial charge < -0.3 is 15.5 Å². The van der Waals surface area contributed by atoms with Crippen LogP contribution >= 0.6 is 0 Å². The third-order valence-corrected chi connectivity index (χ3v) is 3.65. The Hall–Kier alpha value is -1.26. The van der Waals surface area contributed by atoms with Crippen LogP contribution < -0.4 is 5.32 Å². The minimum absolute atomic E-state index is 0.0300. The van der Waals surface area contributed by atoms with Gasteiger partial charge in [0.05, 0.1) is 0 Å². The van der Waals surface area contributed by atoms with Crippen LogP contribution in [0.4, 0.5) is 0 Å². The minimum atomic E-state index is -0.0496. The molecule has 0 bridgehead atoms. The van der Waals surface area contributed by atoms with Gasteiger partial charge >= 0.3 is 0 Å². The Morgan fingerprint density at radius 1 is 1.22 bits per heavy atom. The van der Waals surface area contributed by atoms with Gasteiger partial charge in [0, 0.05) is 6.54 Å². The van der Waals surface area contributed by atoms with E-state index in [-0.39, 0.29) is 11.5 Å². The Balaban J connectivity index is 1.85. The number of phenols is 2. The molecule has 1 heterocycles. The molecule has 0 radical (unpaired) electrons. The van der Waals surface area contributed by atoms with Gasteiger partial charge in [-0.25, -0.2) is 0 Å². The second-order valence-electron chi connectivity index (χ2n) is 5.10.